The molecule has 5 nitrogen and oxygen atoms in total. The predicted molar refractivity (Wildman–Crippen MR) is 66.4 cm³/mol. The van der Waals surface area contributed by atoms with Crippen LogP contribution < -0.4 is 10.6 Å². The second kappa shape index (κ2) is 5.18. The Morgan fingerprint density at radius 1 is 1.11 bits per heavy atom. The van der Waals surface area contributed by atoms with Gasteiger partial charge in [-0.05, 0) is 30.7 Å². The van der Waals surface area contributed by atoms with Gasteiger partial charge >= 0.3 is 6.03 Å². The molecule has 0 saturated heterocycles. The number of imide groups is 1. The predicted octanol–water partition coefficient (Wildman–Crippen LogP) is 2.55. The third kappa shape index (κ3) is 2.76. The summed E-state index contributed by atoms with van der Waals surface area (Å²) < 4.78 is 4.88. The highest BCUT2D eigenvalue weighted by molar-refractivity contribution is 6.06. The number of nitrogens with one attached hydrogen (secondary N) is 2. The van der Waals surface area contributed by atoms with E-state index in [1.807, 2.05) is 19.1 Å². The molecule has 1 aromatic heterocycles. The fourth-order valence-electron chi connectivity index (χ4n) is 1.44. The van der Waals surface area contributed by atoms with E-state index in [9.17, 15) is 9.59 Å². The zero-order valence-electron chi connectivity index (χ0n) is 9.77. The molecule has 2 rings (SSSR count). The monoisotopic (exact) mass is 244 g/mol. The van der Waals surface area contributed by atoms with Gasteiger partial charge in [0, 0.05) is 5.69 Å². The highest BCUT2D eigenvalue weighted by Gasteiger charge is 2.12. The number of benzene rings is 1. The third-order valence-corrected chi connectivity index (χ3v) is 2.37. The van der Waals surface area contributed by atoms with Crippen molar-refractivity contribution < 1.29 is 14.0 Å². The number of furan rings is 1. The second-order valence-electron chi connectivity index (χ2n) is 3.70. The van der Waals surface area contributed by atoms with Gasteiger partial charge in [-0.15, -0.1) is 0 Å². The highest BCUT2D eigenvalue weighted by atomic mass is 16.3. The number of carbonyl (C=O) groups excluding carboxylic acids is 2. The van der Waals surface area contributed by atoms with Crippen LogP contribution in [0.2, 0.25) is 0 Å². The minimum atomic E-state index is -0.592. The summed E-state index contributed by atoms with van der Waals surface area (Å²) in [4.78, 5) is 23.1. The van der Waals surface area contributed by atoms with Crippen LogP contribution >= 0.6 is 0 Å². The highest BCUT2D eigenvalue weighted by Crippen LogP contribution is 2.12. The van der Waals surface area contributed by atoms with E-state index in [4.69, 9.17) is 4.42 Å². The molecule has 2 aromatic rings. The zero-order valence-corrected chi connectivity index (χ0v) is 9.77. The Labute approximate surface area is 104 Å². The van der Waals surface area contributed by atoms with Crippen molar-refractivity contribution in [2.45, 2.75) is 6.92 Å². The van der Waals surface area contributed by atoms with Crippen molar-refractivity contribution in [3.63, 3.8) is 0 Å². The van der Waals surface area contributed by atoms with E-state index >= 15 is 0 Å². The van der Waals surface area contributed by atoms with Crippen LogP contribution in [0.3, 0.4) is 0 Å². The van der Waals surface area contributed by atoms with Gasteiger partial charge in [-0.25, -0.2) is 4.79 Å². The summed E-state index contributed by atoms with van der Waals surface area (Å²) >= 11 is 0. The van der Waals surface area contributed by atoms with E-state index in [1.165, 1.54) is 12.3 Å². The smallest absolute Gasteiger partial charge is 0.326 e. The van der Waals surface area contributed by atoms with Crippen LogP contribution in [-0.4, -0.2) is 11.9 Å². The van der Waals surface area contributed by atoms with E-state index in [0.717, 1.165) is 5.56 Å². The van der Waals surface area contributed by atoms with Gasteiger partial charge in [0.2, 0.25) is 0 Å². The normalized spacial score (nSPS) is 9.83. The number of amides is 3. The standard InChI is InChI=1S/C13H12N2O3/c1-9-5-2-3-6-10(9)14-13(17)15-12(16)11-7-4-8-18-11/h2-8H,1H3,(H2,14,15,16,17). The summed E-state index contributed by atoms with van der Waals surface area (Å²) in [5, 5.41) is 4.77. The number of carbonyl (C=O) groups is 2. The SMILES string of the molecule is Cc1ccccc1NC(=O)NC(=O)c1ccco1. The molecule has 0 aliphatic heterocycles. The summed E-state index contributed by atoms with van der Waals surface area (Å²) in [7, 11) is 0. The average molecular weight is 244 g/mol. The molecule has 18 heavy (non-hydrogen) atoms. The Hall–Kier alpha value is -2.56. The molecule has 0 spiro atoms. The number of hydrogen-bond donors (Lipinski definition) is 2. The maximum absolute atomic E-state index is 11.6. The molecular weight excluding hydrogens is 232 g/mol. The molecule has 3 amide bonds. The first-order chi connectivity index (χ1) is 8.66. The molecule has 92 valence electrons. The van der Waals surface area contributed by atoms with Gasteiger partial charge in [0.15, 0.2) is 5.76 Å². The van der Waals surface area contributed by atoms with E-state index in [2.05, 4.69) is 10.6 Å². The molecule has 0 radical (unpaired) electrons. The van der Waals surface area contributed by atoms with Gasteiger partial charge in [0.1, 0.15) is 0 Å². The van der Waals surface area contributed by atoms with Crippen molar-refractivity contribution in [1.29, 1.82) is 0 Å². The summed E-state index contributed by atoms with van der Waals surface area (Å²) in [5.74, 6) is -0.485. The maximum Gasteiger partial charge on any atom is 0.326 e. The van der Waals surface area contributed by atoms with Gasteiger partial charge in [0.05, 0.1) is 6.26 Å². The van der Waals surface area contributed by atoms with Crippen molar-refractivity contribution in [2.75, 3.05) is 5.32 Å². The second-order valence-corrected chi connectivity index (χ2v) is 3.70. The van der Waals surface area contributed by atoms with E-state index in [-0.39, 0.29) is 5.76 Å². The molecule has 0 aliphatic carbocycles. The minimum absolute atomic E-state index is 0.0925. The van der Waals surface area contributed by atoms with E-state index in [1.54, 1.807) is 18.2 Å². The fourth-order valence-corrected chi connectivity index (χ4v) is 1.44. The van der Waals surface area contributed by atoms with Crippen LogP contribution in [0.5, 0.6) is 0 Å². The minimum Gasteiger partial charge on any atom is -0.459 e. The van der Waals surface area contributed by atoms with Crippen molar-refractivity contribution in [3.05, 3.63) is 54.0 Å². The number of hydrogen-bond acceptors (Lipinski definition) is 3. The average Bonchev–Trinajstić information content (AvgIpc) is 2.85. The Morgan fingerprint density at radius 2 is 1.89 bits per heavy atom. The summed E-state index contributed by atoms with van der Waals surface area (Å²) in [6.07, 6.45) is 1.37. The van der Waals surface area contributed by atoms with Gasteiger partial charge in [-0.3, -0.25) is 10.1 Å². The lowest BCUT2D eigenvalue weighted by Gasteiger charge is -2.07. The third-order valence-electron chi connectivity index (χ3n) is 2.37. The molecular formula is C13H12N2O3. The van der Waals surface area contributed by atoms with Gasteiger partial charge in [0.25, 0.3) is 5.91 Å². The molecule has 1 aromatic carbocycles. The van der Waals surface area contributed by atoms with Crippen LogP contribution in [0, 0.1) is 6.92 Å². The first-order valence-electron chi connectivity index (χ1n) is 5.38. The number of rotatable bonds is 2. The van der Waals surface area contributed by atoms with Crippen LogP contribution in [0.15, 0.2) is 47.1 Å². The summed E-state index contributed by atoms with van der Waals surface area (Å²) in [5.41, 5.74) is 1.57. The Morgan fingerprint density at radius 3 is 2.56 bits per heavy atom. The maximum atomic E-state index is 11.6. The van der Waals surface area contributed by atoms with Crippen molar-refractivity contribution >= 4 is 17.6 Å². The Bertz CT molecular complexity index is 561. The lowest BCUT2D eigenvalue weighted by Crippen LogP contribution is -2.34. The van der Waals surface area contributed by atoms with Gasteiger partial charge in [-0.1, -0.05) is 18.2 Å². The molecule has 1 heterocycles. The van der Waals surface area contributed by atoms with Crippen LogP contribution in [0.1, 0.15) is 16.1 Å². The summed E-state index contributed by atoms with van der Waals surface area (Å²) in [6, 6.07) is 9.76. The molecule has 0 fully saturated rings. The van der Waals surface area contributed by atoms with Crippen molar-refractivity contribution in [1.82, 2.24) is 5.32 Å². The zero-order chi connectivity index (χ0) is 13.0. The van der Waals surface area contributed by atoms with E-state index in [0.29, 0.717) is 5.69 Å². The fraction of sp³-hybridized carbons (Fsp3) is 0.0769. The molecule has 5 heteroatoms. The van der Waals surface area contributed by atoms with Gasteiger partial charge in [-0.2, -0.15) is 0 Å². The first-order valence-corrected chi connectivity index (χ1v) is 5.38. The van der Waals surface area contributed by atoms with E-state index < -0.39 is 11.9 Å². The number of aryl methyl sites for hydroxylation is 1. The number of anilines is 1. The first kappa shape index (κ1) is 11.9. The van der Waals surface area contributed by atoms with Crippen molar-refractivity contribution in [2.24, 2.45) is 0 Å². The molecule has 0 bridgehead atoms. The topological polar surface area (TPSA) is 71.3 Å². The van der Waals surface area contributed by atoms with Crippen molar-refractivity contribution in [3.8, 4) is 0 Å². The van der Waals surface area contributed by atoms with Crippen LogP contribution in [0.4, 0.5) is 10.5 Å². The molecule has 2 N–H and O–H groups in total. The lowest BCUT2D eigenvalue weighted by molar-refractivity contribution is 0.0940. The molecule has 0 saturated carbocycles. The molecule has 0 unspecified atom stereocenters. The Balaban J connectivity index is 1.98. The number of urea groups is 1. The number of para-hydroxylation sites is 1. The molecule has 0 aliphatic rings. The van der Waals surface area contributed by atoms with Gasteiger partial charge < -0.3 is 9.73 Å². The lowest BCUT2D eigenvalue weighted by atomic mass is 10.2. The van der Waals surface area contributed by atoms with Crippen LogP contribution in [0.25, 0.3) is 0 Å². The largest absolute Gasteiger partial charge is 0.459 e. The molecule has 0 atom stereocenters. The quantitative estimate of drug-likeness (QED) is 0.852. The summed E-state index contributed by atoms with van der Waals surface area (Å²) in [6.45, 7) is 1.87. The Kier molecular flexibility index (Phi) is 3.43. The van der Waals surface area contributed by atoms with Crippen LogP contribution in [-0.2, 0) is 0 Å².